The van der Waals surface area contributed by atoms with Crippen LogP contribution < -0.4 is 5.32 Å². The smallest absolute Gasteiger partial charge is 0.338 e. The molecule has 1 aliphatic rings. The van der Waals surface area contributed by atoms with Gasteiger partial charge in [0.15, 0.2) is 0 Å². The van der Waals surface area contributed by atoms with Crippen molar-refractivity contribution in [1.29, 1.82) is 0 Å². The molecule has 2 rings (SSSR count). The molecule has 1 fully saturated rings. The van der Waals surface area contributed by atoms with E-state index < -0.39 is 12.0 Å². The number of esters is 1. The fourth-order valence-electron chi connectivity index (χ4n) is 1.91. The van der Waals surface area contributed by atoms with Gasteiger partial charge in [0.2, 0.25) is 5.91 Å². The van der Waals surface area contributed by atoms with Crippen molar-refractivity contribution in [2.45, 2.75) is 13.5 Å². The zero-order valence-corrected chi connectivity index (χ0v) is 11.7. The van der Waals surface area contributed by atoms with Crippen molar-refractivity contribution in [2.24, 2.45) is 0 Å². The molecule has 1 aliphatic heterocycles. The summed E-state index contributed by atoms with van der Waals surface area (Å²) in [6.07, 6.45) is 0. The van der Waals surface area contributed by atoms with Gasteiger partial charge in [-0.05, 0) is 24.1 Å². The van der Waals surface area contributed by atoms with Gasteiger partial charge < -0.3 is 10.1 Å². The average molecular weight is 288 g/mol. The minimum Gasteiger partial charge on any atom is -0.458 e. The third kappa shape index (κ3) is 3.47. The van der Waals surface area contributed by atoms with Gasteiger partial charge in [-0.25, -0.2) is 9.59 Å². The number of hydrogen-bond donors (Lipinski definition) is 1. The standard InChI is InChI=1S/C15H16N2O4/c1-10(2)9-21-14(19)12-6-4-3-5-11(12)8-17-13(18)7-16-15(17)20/h3-6H,1,7-9H2,2H3,(H,16,20). The molecule has 0 aromatic heterocycles. The number of nitrogens with one attached hydrogen (secondary N) is 1. The lowest BCUT2D eigenvalue weighted by Crippen LogP contribution is -2.31. The number of carbonyl (C=O) groups excluding carboxylic acids is 3. The predicted octanol–water partition coefficient (Wildman–Crippen LogP) is 1.47. The molecule has 0 atom stereocenters. The molecule has 110 valence electrons. The third-order valence-corrected chi connectivity index (χ3v) is 2.95. The Morgan fingerprint density at radius 2 is 2.10 bits per heavy atom. The van der Waals surface area contributed by atoms with E-state index in [-0.39, 0.29) is 25.6 Å². The second kappa shape index (κ2) is 6.21. The largest absolute Gasteiger partial charge is 0.458 e. The highest BCUT2D eigenvalue weighted by Crippen LogP contribution is 2.15. The van der Waals surface area contributed by atoms with Crippen molar-refractivity contribution < 1.29 is 19.1 Å². The van der Waals surface area contributed by atoms with Crippen LogP contribution in [0.1, 0.15) is 22.8 Å². The molecule has 3 amide bonds. The molecule has 1 aromatic carbocycles. The quantitative estimate of drug-likeness (QED) is 0.506. The Balaban J connectivity index is 2.17. The van der Waals surface area contributed by atoms with Crippen LogP contribution in [-0.2, 0) is 16.1 Å². The van der Waals surface area contributed by atoms with E-state index in [9.17, 15) is 14.4 Å². The van der Waals surface area contributed by atoms with E-state index in [1.165, 1.54) is 0 Å². The first-order valence-corrected chi connectivity index (χ1v) is 6.46. The zero-order chi connectivity index (χ0) is 15.4. The molecule has 1 aromatic rings. The van der Waals surface area contributed by atoms with Crippen molar-refractivity contribution in [3.63, 3.8) is 0 Å². The number of ether oxygens (including phenoxy) is 1. The summed E-state index contributed by atoms with van der Waals surface area (Å²) in [4.78, 5) is 36.3. The molecule has 0 unspecified atom stereocenters. The van der Waals surface area contributed by atoms with E-state index in [2.05, 4.69) is 11.9 Å². The Morgan fingerprint density at radius 1 is 1.38 bits per heavy atom. The topological polar surface area (TPSA) is 75.7 Å². The number of urea groups is 1. The highest BCUT2D eigenvalue weighted by molar-refractivity contribution is 6.02. The van der Waals surface area contributed by atoms with E-state index in [0.717, 1.165) is 10.5 Å². The van der Waals surface area contributed by atoms with Crippen molar-refractivity contribution in [3.05, 3.63) is 47.5 Å². The summed E-state index contributed by atoms with van der Waals surface area (Å²) in [5.41, 5.74) is 1.63. The second-order valence-corrected chi connectivity index (χ2v) is 4.83. The normalized spacial score (nSPS) is 14.0. The minimum absolute atomic E-state index is 0.0128. The van der Waals surface area contributed by atoms with Crippen molar-refractivity contribution in [3.8, 4) is 0 Å². The van der Waals surface area contributed by atoms with Gasteiger partial charge in [0.05, 0.1) is 18.7 Å². The van der Waals surface area contributed by atoms with E-state index in [4.69, 9.17) is 4.74 Å². The number of nitrogens with zero attached hydrogens (tertiary/aromatic N) is 1. The SMILES string of the molecule is C=C(C)COC(=O)c1ccccc1CN1C(=O)CNC1=O. The molecule has 1 heterocycles. The van der Waals surface area contributed by atoms with E-state index in [1.807, 2.05) is 0 Å². The predicted molar refractivity (Wildman–Crippen MR) is 75.5 cm³/mol. The van der Waals surface area contributed by atoms with Crippen LogP contribution in [0.25, 0.3) is 0 Å². The van der Waals surface area contributed by atoms with Crippen LogP contribution in [0.5, 0.6) is 0 Å². The van der Waals surface area contributed by atoms with Crippen molar-refractivity contribution >= 4 is 17.9 Å². The van der Waals surface area contributed by atoms with E-state index in [0.29, 0.717) is 11.1 Å². The molecule has 1 N–H and O–H groups in total. The monoisotopic (exact) mass is 288 g/mol. The van der Waals surface area contributed by atoms with Crippen molar-refractivity contribution in [1.82, 2.24) is 10.2 Å². The van der Waals surface area contributed by atoms with E-state index in [1.54, 1.807) is 31.2 Å². The lowest BCUT2D eigenvalue weighted by atomic mass is 10.1. The molecule has 21 heavy (non-hydrogen) atoms. The first-order valence-electron chi connectivity index (χ1n) is 6.46. The molecule has 0 aliphatic carbocycles. The first-order chi connectivity index (χ1) is 9.99. The maximum absolute atomic E-state index is 12.0. The second-order valence-electron chi connectivity index (χ2n) is 4.83. The van der Waals surface area contributed by atoms with Crippen LogP contribution in [0.3, 0.4) is 0 Å². The number of carbonyl (C=O) groups is 3. The molecule has 1 saturated heterocycles. The molecular weight excluding hydrogens is 272 g/mol. The van der Waals surface area contributed by atoms with Gasteiger partial charge in [0, 0.05) is 0 Å². The maximum Gasteiger partial charge on any atom is 0.338 e. The molecule has 0 saturated carbocycles. The highest BCUT2D eigenvalue weighted by atomic mass is 16.5. The Bertz CT molecular complexity index is 593. The summed E-state index contributed by atoms with van der Waals surface area (Å²) >= 11 is 0. The fraction of sp³-hybridized carbons (Fsp3) is 0.267. The lowest BCUT2D eigenvalue weighted by molar-refractivity contribution is -0.125. The summed E-state index contributed by atoms with van der Waals surface area (Å²) in [7, 11) is 0. The van der Waals surface area contributed by atoms with Gasteiger partial charge >= 0.3 is 12.0 Å². The Morgan fingerprint density at radius 3 is 2.71 bits per heavy atom. The molecular formula is C15H16N2O4. The number of imide groups is 1. The first kappa shape index (κ1) is 14.8. The van der Waals surface area contributed by atoms with Crippen LogP contribution in [-0.4, -0.2) is 36.0 Å². The molecule has 0 bridgehead atoms. The van der Waals surface area contributed by atoms with Crippen LogP contribution >= 0.6 is 0 Å². The maximum atomic E-state index is 12.0. The van der Waals surface area contributed by atoms with Gasteiger partial charge in [0.25, 0.3) is 0 Å². The summed E-state index contributed by atoms with van der Waals surface area (Å²) in [6.45, 7) is 5.59. The lowest BCUT2D eigenvalue weighted by Gasteiger charge is -2.15. The van der Waals surface area contributed by atoms with Crippen LogP contribution in [0, 0.1) is 0 Å². The third-order valence-electron chi connectivity index (χ3n) is 2.95. The summed E-state index contributed by atoms with van der Waals surface area (Å²) < 4.78 is 5.11. The number of benzene rings is 1. The summed E-state index contributed by atoms with van der Waals surface area (Å²) in [5.74, 6) is -0.814. The zero-order valence-electron chi connectivity index (χ0n) is 11.7. The highest BCUT2D eigenvalue weighted by Gasteiger charge is 2.29. The van der Waals surface area contributed by atoms with Gasteiger partial charge in [-0.3, -0.25) is 9.69 Å². The summed E-state index contributed by atoms with van der Waals surface area (Å²) in [5, 5.41) is 2.44. The fourth-order valence-corrected chi connectivity index (χ4v) is 1.91. The molecule has 0 radical (unpaired) electrons. The summed E-state index contributed by atoms with van der Waals surface area (Å²) in [6, 6.07) is 6.28. The van der Waals surface area contributed by atoms with Gasteiger partial charge in [-0.15, -0.1) is 0 Å². The average Bonchev–Trinajstić information content (AvgIpc) is 2.77. The van der Waals surface area contributed by atoms with Crippen LogP contribution in [0.4, 0.5) is 4.79 Å². The Labute approximate surface area is 122 Å². The molecule has 0 spiro atoms. The number of rotatable bonds is 5. The van der Waals surface area contributed by atoms with Crippen LogP contribution in [0.2, 0.25) is 0 Å². The van der Waals surface area contributed by atoms with Gasteiger partial charge in [-0.2, -0.15) is 0 Å². The number of hydrogen-bond acceptors (Lipinski definition) is 4. The van der Waals surface area contributed by atoms with Crippen molar-refractivity contribution in [2.75, 3.05) is 13.2 Å². The van der Waals surface area contributed by atoms with Gasteiger partial charge in [0.1, 0.15) is 6.61 Å². The Kier molecular flexibility index (Phi) is 4.37. The van der Waals surface area contributed by atoms with Crippen LogP contribution in [0.15, 0.2) is 36.4 Å². The van der Waals surface area contributed by atoms with Gasteiger partial charge in [-0.1, -0.05) is 24.8 Å². The minimum atomic E-state index is -0.499. The molecule has 6 heteroatoms. The molecule has 6 nitrogen and oxygen atoms in total. The Hall–Kier alpha value is -2.63. The van der Waals surface area contributed by atoms with E-state index >= 15 is 0 Å². The number of amides is 3.